The van der Waals surface area contributed by atoms with Crippen LogP contribution in [0.3, 0.4) is 0 Å². The second-order valence-electron chi connectivity index (χ2n) is 3.92. The van der Waals surface area contributed by atoms with Gasteiger partial charge in [0.25, 0.3) is 0 Å². The van der Waals surface area contributed by atoms with Gasteiger partial charge in [0.15, 0.2) is 0 Å². The maximum absolute atomic E-state index is 5.97. The van der Waals surface area contributed by atoms with E-state index in [1.54, 1.807) is 11.3 Å². The Labute approximate surface area is 133 Å². The first-order valence-electron chi connectivity index (χ1n) is 5.46. The molecule has 1 N–H and O–H groups in total. The Kier molecular flexibility index (Phi) is 5.27. The SMILES string of the molecule is CNC(Cc1ccc(Cl)s1)c1cc(Br)ccc1Br. The number of hydrogen-bond donors (Lipinski definition) is 1. The third-order valence-electron chi connectivity index (χ3n) is 2.72. The number of benzene rings is 1. The number of halogens is 3. The maximum atomic E-state index is 5.97. The lowest BCUT2D eigenvalue weighted by atomic mass is 10.0. The summed E-state index contributed by atoms with van der Waals surface area (Å²) in [6.07, 6.45) is 0.933. The van der Waals surface area contributed by atoms with Gasteiger partial charge in [0.1, 0.15) is 0 Å². The first-order valence-corrected chi connectivity index (χ1v) is 8.24. The van der Waals surface area contributed by atoms with E-state index in [1.807, 2.05) is 19.2 Å². The predicted octanol–water partition coefficient (Wildman–Crippen LogP) is 5.43. The van der Waals surface area contributed by atoms with E-state index in [1.165, 1.54) is 10.4 Å². The van der Waals surface area contributed by atoms with Crippen molar-refractivity contribution in [2.45, 2.75) is 12.5 Å². The Balaban J connectivity index is 2.25. The van der Waals surface area contributed by atoms with Gasteiger partial charge in [-0.3, -0.25) is 0 Å². The lowest BCUT2D eigenvalue weighted by molar-refractivity contribution is 0.594. The summed E-state index contributed by atoms with van der Waals surface area (Å²) in [5, 5.41) is 3.36. The highest BCUT2D eigenvalue weighted by molar-refractivity contribution is 9.11. The monoisotopic (exact) mass is 407 g/mol. The number of likely N-dealkylation sites (N-methyl/N-ethyl adjacent to an activating group) is 1. The molecule has 0 aliphatic heterocycles. The predicted molar refractivity (Wildman–Crippen MR) is 86.7 cm³/mol. The molecule has 0 bridgehead atoms. The van der Waals surface area contributed by atoms with Crippen molar-refractivity contribution in [3.05, 3.63) is 54.1 Å². The van der Waals surface area contributed by atoms with Crippen molar-refractivity contribution < 1.29 is 0 Å². The molecule has 1 unspecified atom stereocenters. The summed E-state index contributed by atoms with van der Waals surface area (Å²) in [6.45, 7) is 0. The van der Waals surface area contributed by atoms with Gasteiger partial charge >= 0.3 is 0 Å². The molecule has 2 rings (SSSR count). The Hall–Kier alpha value is 0.130. The van der Waals surface area contributed by atoms with Gasteiger partial charge in [-0.25, -0.2) is 0 Å². The number of thiophene rings is 1. The highest BCUT2D eigenvalue weighted by Crippen LogP contribution is 2.31. The summed E-state index contributed by atoms with van der Waals surface area (Å²) < 4.78 is 3.05. The first kappa shape index (κ1) is 14.5. The van der Waals surface area contributed by atoms with Crippen LogP contribution in [0.4, 0.5) is 0 Å². The van der Waals surface area contributed by atoms with Gasteiger partial charge < -0.3 is 5.32 Å². The third kappa shape index (κ3) is 3.58. The topological polar surface area (TPSA) is 12.0 Å². The molecule has 1 atom stereocenters. The van der Waals surface area contributed by atoms with Crippen LogP contribution in [0.25, 0.3) is 0 Å². The van der Waals surface area contributed by atoms with Gasteiger partial charge in [0.2, 0.25) is 0 Å². The van der Waals surface area contributed by atoms with Crippen molar-refractivity contribution in [3.8, 4) is 0 Å². The zero-order valence-electron chi connectivity index (χ0n) is 9.71. The van der Waals surface area contributed by atoms with Crippen LogP contribution < -0.4 is 5.32 Å². The smallest absolute Gasteiger partial charge is 0.0931 e. The highest BCUT2D eigenvalue weighted by atomic mass is 79.9. The fraction of sp³-hybridized carbons (Fsp3) is 0.231. The molecule has 1 aromatic heterocycles. The average molecular weight is 410 g/mol. The third-order valence-corrected chi connectivity index (χ3v) is 5.18. The fourth-order valence-corrected chi connectivity index (χ4v) is 3.85. The zero-order chi connectivity index (χ0) is 13.1. The van der Waals surface area contributed by atoms with Crippen LogP contribution in [0.2, 0.25) is 4.34 Å². The second-order valence-corrected chi connectivity index (χ2v) is 7.49. The second kappa shape index (κ2) is 6.53. The molecule has 0 aliphatic carbocycles. The van der Waals surface area contributed by atoms with Crippen molar-refractivity contribution >= 4 is 54.8 Å². The molecule has 1 aromatic carbocycles. The van der Waals surface area contributed by atoms with Crippen molar-refractivity contribution in [1.82, 2.24) is 5.32 Å². The van der Waals surface area contributed by atoms with E-state index in [4.69, 9.17) is 11.6 Å². The van der Waals surface area contributed by atoms with Crippen molar-refractivity contribution in [2.24, 2.45) is 0 Å². The minimum Gasteiger partial charge on any atom is -0.313 e. The van der Waals surface area contributed by atoms with Gasteiger partial charge in [0, 0.05) is 26.3 Å². The lowest BCUT2D eigenvalue weighted by Gasteiger charge is -2.17. The largest absolute Gasteiger partial charge is 0.313 e. The normalized spacial score (nSPS) is 12.7. The van der Waals surface area contributed by atoms with Crippen LogP contribution in [0.1, 0.15) is 16.5 Å². The lowest BCUT2D eigenvalue weighted by Crippen LogP contribution is -2.18. The van der Waals surface area contributed by atoms with Gasteiger partial charge in [0.05, 0.1) is 4.34 Å². The van der Waals surface area contributed by atoms with E-state index in [0.717, 1.165) is 19.7 Å². The van der Waals surface area contributed by atoms with E-state index in [0.29, 0.717) is 0 Å². The summed E-state index contributed by atoms with van der Waals surface area (Å²) in [5.74, 6) is 0. The molecule has 96 valence electrons. The van der Waals surface area contributed by atoms with Crippen LogP contribution >= 0.6 is 54.8 Å². The van der Waals surface area contributed by atoms with E-state index < -0.39 is 0 Å². The quantitative estimate of drug-likeness (QED) is 0.710. The molecule has 1 heterocycles. The minimum absolute atomic E-state index is 0.270. The minimum atomic E-state index is 0.270. The fourth-order valence-electron chi connectivity index (χ4n) is 1.81. The van der Waals surface area contributed by atoms with E-state index in [9.17, 15) is 0 Å². The van der Waals surface area contributed by atoms with Crippen LogP contribution in [0.5, 0.6) is 0 Å². The van der Waals surface area contributed by atoms with Crippen molar-refractivity contribution in [3.63, 3.8) is 0 Å². The van der Waals surface area contributed by atoms with E-state index in [2.05, 4.69) is 55.4 Å². The summed E-state index contributed by atoms with van der Waals surface area (Å²) in [4.78, 5) is 1.28. The Bertz CT molecular complexity index is 542. The molecule has 2 aromatic rings. The zero-order valence-corrected chi connectivity index (χ0v) is 14.5. The average Bonchev–Trinajstić information content (AvgIpc) is 2.75. The molecule has 5 heteroatoms. The van der Waals surface area contributed by atoms with Gasteiger partial charge in [-0.1, -0.05) is 43.5 Å². The van der Waals surface area contributed by atoms with Gasteiger partial charge in [-0.2, -0.15) is 0 Å². The number of hydrogen-bond acceptors (Lipinski definition) is 2. The van der Waals surface area contributed by atoms with Crippen LogP contribution in [-0.2, 0) is 6.42 Å². The Morgan fingerprint density at radius 3 is 2.67 bits per heavy atom. The molecule has 1 nitrogen and oxygen atoms in total. The van der Waals surface area contributed by atoms with Crippen molar-refractivity contribution in [2.75, 3.05) is 7.05 Å². The molecular weight excluding hydrogens is 397 g/mol. The summed E-state index contributed by atoms with van der Waals surface area (Å²) in [7, 11) is 1.98. The molecule has 0 radical (unpaired) electrons. The number of rotatable bonds is 4. The molecule has 0 spiro atoms. The first-order chi connectivity index (χ1) is 8.60. The van der Waals surface area contributed by atoms with Crippen LogP contribution in [0.15, 0.2) is 39.3 Å². The maximum Gasteiger partial charge on any atom is 0.0931 e. The standard InChI is InChI=1S/C13H12Br2ClNS/c1-17-12(7-9-3-5-13(16)18-9)10-6-8(14)2-4-11(10)15/h2-6,12,17H,7H2,1H3. The summed E-state index contributed by atoms with van der Waals surface area (Å²) in [5.41, 5.74) is 1.25. The van der Waals surface area contributed by atoms with E-state index in [-0.39, 0.29) is 6.04 Å². The Morgan fingerprint density at radius 2 is 2.06 bits per heavy atom. The Morgan fingerprint density at radius 1 is 1.28 bits per heavy atom. The van der Waals surface area contributed by atoms with E-state index >= 15 is 0 Å². The van der Waals surface area contributed by atoms with Gasteiger partial charge in [-0.05, 0) is 42.9 Å². The highest BCUT2D eigenvalue weighted by Gasteiger charge is 2.14. The molecule has 0 amide bonds. The van der Waals surface area contributed by atoms with Crippen molar-refractivity contribution in [1.29, 1.82) is 0 Å². The summed E-state index contributed by atoms with van der Waals surface area (Å²) in [6, 6.07) is 10.5. The van der Waals surface area contributed by atoms with Crippen LogP contribution in [0, 0.1) is 0 Å². The molecular formula is C13H12Br2ClNS. The molecule has 0 aliphatic rings. The molecule has 18 heavy (non-hydrogen) atoms. The van der Waals surface area contributed by atoms with Crippen LogP contribution in [-0.4, -0.2) is 7.05 Å². The van der Waals surface area contributed by atoms with Gasteiger partial charge in [-0.15, -0.1) is 11.3 Å². The molecule has 0 saturated carbocycles. The molecule has 0 saturated heterocycles. The number of nitrogens with one attached hydrogen (secondary N) is 1. The summed E-state index contributed by atoms with van der Waals surface area (Å²) >= 11 is 14.7. The molecule has 0 fully saturated rings.